The second kappa shape index (κ2) is 6.47. The predicted octanol–water partition coefficient (Wildman–Crippen LogP) is 2.71. The number of fused-ring (bicyclic) bond motifs is 2. The van der Waals surface area contributed by atoms with Gasteiger partial charge in [0.15, 0.2) is 11.5 Å². The topological polar surface area (TPSA) is 76.2 Å². The molecule has 2 aromatic carbocycles. The molecule has 1 aliphatic heterocycles. The average molecular weight is 337 g/mol. The molecular formula is C19H19N3O3. The molecule has 0 fully saturated rings. The first-order chi connectivity index (χ1) is 12.2. The van der Waals surface area contributed by atoms with Crippen LogP contribution in [0.4, 0.5) is 0 Å². The molecule has 0 radical (unpaired) electrons. The van der Waals surface area contributed by atoms with Gasteiger partial charge in [0.25, 0.3) is 0 Å². The number of ether oxygens (including phenoxy) is 2. The Hall–Kier alpha value is -3.02. The molecule has 6 nitrogen and oxygen atoms in total. The maximum atomic E-state index is 12.2. The van der Waals surface area contributed by atoms with Gasteiger partial charge in [0.05, 0.1) is 17.5 Å². The lowest BCUT2D eigenvalue weighted by molar-refractivity contribution is -0.120. The Labute approximate surface area is 145 Å². The van der Waals surface area contributed by atoms with Crippen LogP contribution in [-0.4, -0.2) is 22.7 Å². The molecule has 25 heavy (non-hydrogen) atoms. The van der Waals surface area contributed by atoms with E-state index in [1.165, 1.54) is 0 Å². The zero-order valence-corrected chi connectivity index (χ0v) is 14.0. The maximum absolute atomic E-state index is 12.2. The van der Waals surface area contributed by atoms with Gasteiger partial charge >= 0.3 is 0 Å². The van der Waals surface area contributed by atoms with Crippen LogP contribution in [0.1, 0.15) is 23.9 Å². The molecule has 0 aliphatic carbocycles. The summed E-state index contributed by atoms with van der Waals surface area (Å²) in [6.45, 7) is 2.77. The number of rotatable bonds is 5. The Morgan fingerprint density at radius 1 is 1.16 bits per heavy atom. The third-order valence-corrected chi connectivity index (χ3v) is 4.22. The van der Waals surface area contributed by atoms with Gasteiger partial charge < -0.3 is 19.8 Å². The molecular weight excluding hydrogens is 318 g/mol. The third kappa shape index (κ3) is 3.28. The van der Waals surface area contributed by atoms with Crippen LogP contribution in [0.5, 0.6) is 11.5 Å². The van der Waals surface area contributed by atoms with E-state index < -0.39 is 0 Å². The number of amides is 1. The molecule has 0 unspecified atom stereocenters. The van der Waals surface area contributed by atoms with E-state index in [1.54, 1.807) is 0 Å². The summed E-state index contributed by atoms with van der Waals surface area (Å²) in [6, 6.07) is 11.6. The average Bonchev–Trinajstić information content (AvgIpc) is 3.25. The minimum atomic E-state index is -0.0211. The first kappa shape index (κ1) is 15.5. The number of carbonyl (C=O) groups is 1. The molecule has 6 heteroatoms. The number of hydrogen-bond acceptors (Lipinski definition) is 4. The fourth-order valence-corrected chi connectivity index (χ4v) is 2.89. The fraction of sp³-hybridized carbons (Fsp3) is 0.263. The molecule has 1 amide bonds. The van der Waals surface area contributed by atoms with Gasteiger partial charge in [-0.1, -0.05) is 19.1 Å². The Morgan fingerprint density at radius 2 is 2.00 bits per heavy atom. The molecule has 0 saturated carbocycles. The maximum Gasteiger partial charge on any atom is 0.231 e. The quantitative estimate of drug-likeness (QED) is 0.750. The molecule has 2 N–H and O–H groups in total. The van der Waals surface area contributed by atoms with Gasteiger partial charge in [-0.05, 0) is 35.4 Å². The molecule has 0 saturated heterocycles. The third-order valence-electron chi connectivity index (χ3n) is 4.22. The molecule has 0 bridgehead atoms. The van der Waals surface area contributed by atoms with Crippen LogP contribution in [0.3, 0.4) is 0 Å². The highest BCUT2D eigenvalue weighted by atomic mass is 16.7. The summed E-state index contributed by atoms with van der Waals surface area (Å²) in [7, 11) is 0. The summed E-state index contributed by atoms with van der Waals surface area (Å²) in [4.78, 5) is 20.0. The van der Waals surface area contributed by atoms with Gasteiger partial charge in [-0.2, -0.15) is 0 Å². The van der Waals surface area contributed by atoms with Crippen molar-refractivity contribution in [3.05, 3.63) is 53.3 Å². The Bertz CT molecular complexity index is 933. The normalized spacial score (nSPS) is 12.5. The number of H-pyrrole nitrogens is 1. The van der Waals surface area contributed by atoms with Crippen molar-refractivity contribution in [2.75, 3.05) is 6.79 Å². The van der Waals surface area contributed by atoms with Crippen LogP contribution in [0, 0.1) is 0 Å². The van der Waals surface area contributed by atoms with E-state index in [9.17, 15) is 4.79 Å². The smallest absolute Gasteiger partial charge is 0.231 e. The van der Waals surface area contributed by atoms with Gasteiger partial charge in [-0.15, -0.1) is 0 Å². The first-order valence-electron chi connectivity index (χ1n) is 8.34. The standard InChI is InChI=1S/C19H19N3O3/c1-2-18-21-14-5-3-12(7-15(14)22-18)9-19(23)20-10-13-4-6-16-17(8-13)25-11-24-16/h3-8H,2,9-11H2,1H3,(H,20,23)(H,21,22). The molecule has 1 aromatic heterocycles. The van der Waals surface area contributed by atoms with E-state index in [4.69, 9.17) is 9.47 Å². The molecule has 3 aromatic rings. The number of nitrogens with zero attached hydrogens (tertiary/aromatic N) is 1. The van der Waals surface area contributed by atoms with Gasteiger partial charge in [-0.3, -0.25) is 4.79 Å². The van der Waals surface area contributed by atoms with Gasteiger partial charge in [0, 0.05) is 13.0 Å². The number of aromatic amines is 1. The number of benzene rings is 2. The van der Waals surface area contributed by atoms with Crippen LogP contribution < -0.4 is 14.8 Å². The van der Waals surface area contributed by atoms with Crippen molar-refractivity contribution in [3.63, 3.8) is 0 Å². The Balaban J connectivity index is 1.38. The second-order valence-electron chi connectivity index (χ2n) is 6.03. The second-order valence-corrected chi connectivity index (χ2v) is 6.03. The number of carbonyl (C=O) groups excluding carboxylic acids is 1. The number of nitrogens with one attached hydrogen (secondary N) is 2. The van der Waals surface area contributed by atoms with Crippen molar-refractivity contribution >= 4 is 16.9 Å². The Morgan fingerprint density at radius 3 is 2.88 bits per heavy atom. The SMILES string of the molecule is CCc1nc2ccc(CC(=O)NCc3ccc4c(c3)OCO4)cc2[nH]1. The van der Waals surface area contributed by atoms with Crippen LogP contribution in [0.15, 0.2) is 36.4 Å². The molecule has 1 aliphatic rings. The van der Waals surface area contributed by atoms with Crippen LogP contribution >= 0.6 is 0 Å². The van der Waals surface area contributed by atoms with Gasteiger partial charge in [-0.25, -0.2) is 4.98 Å². The van der Waals surface area contributed by atoms with Crippen molar-refractivity contribution in [2.45, 2.75) is 26.3 Å². The van der Waals surface area contributed by atoms with E-state index in [1.807, 2.05) is 36.4 Å². The lowest BCUT2D eigenvalue weighted by Gasteiger charge is -2.06. The summed E-state index contributed by atoms with van der Waals surface area (Å²) in [5.41, 5.74) is 3.84. The highest BCUT2D eigenvalue weighted by molar-refractivity contribution is 5.81. The molecule has 4 rings (SSSR count). The van der Waals surface area contributed by atoms with E-state index in [0.29, 0.717) is 13.0 Å². The highest BCUT2D eigenvalue weighted by Crippen LogP contribution is 2.32. The van der Waals surface area contributed by atoms with Gasteiger partial charge in [0.2, 0.25) is 12.7 Å². The summed E-state index contributed by atoms with van der Waals surface area (Å²) in [5, 5.41) is 2.94. The lowest BCUT2D eigenvalue weighted by Crippen LogP contribution is -2.24. The summed E-state index contributed by atoms with van der Waals surface area (Å²) >= 11 is 0. The van der Waals surface area contributed by atoms with E-state index in [0.717, 1.165) is 45.9 Å². The zero-order valence-electron chi connectivity index (χ0n) is 14.0. The van der Waals surface area contributed by atoms with E-state index >= 15 is 0 Å². The minimum Gasteiger partial charge on any atom is -0.454 e. The summed E-state index contributed by atoms with van der Waals surface area (Å²) < 4.78 is 10.6. The largest absolute Gasteiger partial charge is 0.454 e. The van der Waals surface area contributed by atoms with Crippen LogP contribution in [0.2, 0.25) is 0 Å². The van der Waals surface area contributed by atoms with Crippen LogP contribution in [0.25, 0.3) is 11.0 Å². The van der Waals surface area contributed by atoms with E-state index in [2.05, 4.69) is 22.2 Å². The zero-order chi connectivity index (χ0) is 17.2. The Kier molecular flexibility index (Phi) is 4.01. The first-order valence-corrected chi connectivity index (χ1v) is 8.34. The fourth-order valence-electron chi connectivity index (χ4n) is 2.89. The summed E-state index contributed by atoms with van der Waals surface area (Å²) in [5.74, 6) is 2.41. The number of aryl methyl sites for hydroxylation is 1. The minimum absolute atomic E-state index is 0.0211. The number of hydrogen-bond donors (Lipinski definition) is 2. The van der Waals surface area contributed by atoms with Gasteiger partial charge in [0.1, 0.15) is 5.82 Å². The molecule has 128 valence electrons. The van der Waals surface area contributed by atoms with Crippen molar-refractivity contribution in [1.29, 1.82) is 0 Å². The van der Waals surface area contributed by atoms with E-state index in [-0.39, 0.29) is 12.7 Å². The van der Waals surface area contributed by atoms with Crippen molar-refractivity contribution in [3.8, 4) is 11.5 Å². The molecule has 0 atom stereocenters. The number of aromatic nitrogens is 2. The van der Waals surface area contributed by atoms with Crippen LogP contribution in [-0.2, 0) is 24.2 Å². The summed E-state index contributed by atoms with van der Waals surface area (Å²) in [6.07, 6.45) is 1.20. The van der Waals surface area contributed by atoms with Crippen molar-refractivity contribution < 1.29 is 14.3 Å². The molecule has 0 spiro atoms. The predicted molar refractivity (Wildman–Crippen MR) is 93.6 cm³/mol. The van der Waals surface area contributed by atoms with Crippen molar-refractivity contribution in [1.82, 2.24) is 15.3 Å². The van der Waals surface area contributed by atoms with Crippen molar-refractivity contribution in [2.24, 2.45) is 0 Å². The number of imidazole rings is 1. The monoisotopic (exact) mass is 337 g/mol. The molecule has 2 heterocycles. The highest BCUT2D eigenvalue weighted by Gasteiger charge is 2.13. The lowest BCUT2D eigenvalue weighted by atomic mass is 10.1.